The van der Waals surface area contributed by atoms with Crippen molar-refractivity contribution in [3.8, 4) is 0 Å². The number of carboxylic acids is 2. The zero-order valence-electron chi connectivity index (χ0n) is 76.6. The highest BCUT2D eigenvalue weighted by atomic mass is 16.4. The van der Waals surface area contributed by atoms with Crippen molar-refractivity contribution in [2.24, 2.45) is 69.9 Å². The summed E-state index contributed by atoms with van der Waals surface area (Å²) >= 11 is 0. The fourth-order valence-corrected chi connectivity index (χ4v) is 13.1. The quantitative estimate of drug-likeness (QED) is 0.0164. The standard InChI is InChI=1S/C82H145N25O22/c1-15-45(13)65(81(128)129)107-78(125)59(36-63(111)112)103-71(118)53(25-27-62(87)110)98-74(121)54(31-40(3)4)102-75(122)55(32-41(5)6)100-69(116)51(23-19-29-84)96-77(124)58(35-47-37-90-39-92-47)99-66(113)46(14)93-79(126)60(38-108)105-76(123)56(33-42(7)8)101-70(117)52(24-26-61(86)109)97-68(115)49(16-2)94-73(120)57(34-43(9)10)104-80(127)64(44(11)12)106-72(119)50(22-17-18-28-83)95-67(114)48(85)21-20-30-91-82(88)89/h37,39-46,48-60,64-65,108H,15-36,38,83-85H2,1-14H3,(H2,86,109)(H2,87,110)(H,90,92)(H,93,126)(H,94,120)(H,95,114)(H,96,124)(H,97,115)(H,98,121)(H,99,113)(H,100,116)(H,101,117)(H,102,122)(H,103,118)(H,104,127)(H,105,123)(H,106,119)(H,107,125)(H,111,112)(H,128,129)(H4,88,89,91)/t45-,46-,48-,49-,50-,51-,52-,53-,54-,55-,56-,57-,58-,59-,60-,64-,65-/m0/s1. The van der Waals surface area contributed by atoms with Gasteiger partial charge in [-0.15, -0.1) is 0 Å². The minimum absolute atomic E-state index is 0.0128. The minimum Gasteiger partial charge on any atom is -0.481 e. The second-order valence-corrected chi connectivity index (χ2v) is 34.2. The molecule has 1 aromatic heterocycles. The van der Waals surface area contributed by atoms with Crippen LogP contribution in [0.4, 0.5) is 0 Å². The maximum Gasteiger partial charge on any atom is 0.326 e. The largest absolute Gasteiger partial charge is 0.481 e. The Morgan fingerprint density at radius 1 is 0.395 bits per heavy atom. The molecule has 129 heavy (non-hydrogen) atoms. The van der Waals surface area contributed by atoms with Crippen molar-refractivity contribution in [3.05, 3.63) is 18.2 Å². The Balaban J connectivity index is 3.56. The number of carboxylic acid groups (broad SMARTS) is 2. The van der Waals surface area contributed by atoms with Crippen molar-refractivity contribution in [1.29, 1.82) is 5.41 Å². The molecule has 1 heterocycles. The number of guanidine groups is 1. The molecule has 0 saturated carbocycles. The number of nitrogens with zero attached hydrogens (tertiary/aromatic N) is 1. The number of carbonyl (C=O) groups is 19. The Labute approximate surface area is 752 Å². The molecule has 0 saturated heterocycles. The van der Waals surface area contributed by atoms with Crippen LogP contribution >= 0.6 is 0 Å². The van der Waals surface area contributed by atoms with E-state index in [1.807, 2.05) is 0 Å². The van der Waals surface area contributed by atoms with Crippen LogP contribution in [0.25, 0.3) is 0 Å². The molecule has 17 amide bonds. The maximum atomic E-state index is 14.6. The molecule has 1 rings (SSSR count). The number of unbranched alkanes of at least 4 members (excludes halogenated alkanes) is 1. The number of hydrogen-bond donors (Lipinski definition) is 27. The minimum atomic E-state index is -1.89. The summed E-state index contributed by atoms with van der Waals surface area (Å²) in [5, 5.41) is 77.8. The molecule has 0 spiro atoms. The third kappa shape index (κ3) is 45.2. The highest BCUT2D eigenvalue weighted by molar-refractivity contribution is 6.01. The van der Waals surface area contributed by atoms with Crippen molar-refractivity contribution in [2.75, 3.05) is 26.2 Å². The summed E-state index contributed by atoms with van der Waals surface area (Å²) in [4.78, 5) is 267. The molecule has 730 valence electrons. The van der Waals surface area contributed by atoms with Gasteiger partial charge in [0.15, 0.2) is 5.96 Å². The third-order valence-electron chi connectivity index (χ3n) is 20.5. The second-order valence-electron chi connectivity index (χ2n) is 34.2. The molecule has 0 fully saturated rings. The molecular weight excluding hydrogens is 1690 g/mol. The summed E-state index contributed by atoms with van der Waals surface area (Å²) in [6.07, 6.45) is 0.720. The van der Waals surface area contributed by atoms with Crippen LogP contribution in [-0.2, 0) is 97.5 Å². The predicted octanol–water partition coefficient (Wildman–Crippen LogP) is -5.92. The van der Waals surface area contributed by atoms with E-state index in [1.165, 1.54) is 33.3 Å². The van der Waals surface area contributed by atoms with Crippen molar-refractivity contribution in [3.63, 3.8) is 0 Å². The monoisotopic (exact) mass is 1830 g/mol. The van der Waals surface area contributed by atoms with Crippen LogP contribution in [0.3, 0.4) is 0 Å². The van der Waals surface area contributed by atoms with Crippen molar-refractivity contribution < 1.29 is 106 Å². The van der Waals surface area contributed by atoms with E-state index in [2.05, 4.69) is 95.0 Å². The summed E-state index contributed by atoms with van der Waals surface area (Å²) in [5.74, 6) is -22.1. The second kappa shape index (κ2) is 60.1. The topological polar surface area (TPSA) is 786 Å². The number of nitrogens with one attached hydrogen (secondary N) is 18. The van der Waals surface area contributed by atoms with E-state index < -0.39 is 260 Å². The van der Waals surface area contributed by atoms with Crippen molar-refractivity contribution >= 4 is 118 Å². The number of aliphatic hydroxyl groups is 1. The van der Waals surface area contributed by atoms with E-state index in [-0.39, 0.29) is 119 Å². The van der Waals surface area contributed by atoms with E-state index in [0.717, 1.165) is 0 Å². The molecular formula is C82H145N25O22. The lowest BCUT2D eigenvalue weighted by Gasteiger charge is -2.29. The van der Waals surface area contributed by atoms with Gasteiger partial charge in [0.1, 0.15) is 90.6 Å². The van der Waals surface area contributed by atoms with Gasteiger partial charge in [-0.05, 0) is 145 Å². The van der Waals surface area contributed by atoms with E-state index in [0.29, 0.717) is 25.8 Å². The van der Waals surface area contributed by atoms with Crippen LogP contribution in [0.15, 0.2) is 12.5 Å². The first-order valence-electron chi connectivity index (χ1n) is 43.8. The molecule has 0 aromatic carbocycles. The van der Waals surface area contributed by atoms with Gasteiger partial charge in [-0.25, -0.2) is 9.78 Å². The Morgan fingerprint density at radius 3 is 1.14 bits per heavy atom. The van der Waals surface area contributed by atoms with Crippen LogP contribution in [-0.4, -0.2) is 267 Å². The van der Waals surface area contributed by atoms with Gasteiger partial charge in [-0.2, -0.15) is 0 Å². The fourth-order valence-electron chi connectivity index (χ4n) is 13.1. The van der Waals surface area contributed by atoms with E-state index in [9.17, 15) is 106 Å². The molecule has 17 atom stereocenters. The first kappa shape index (κ1) is 115. The summed E-state index contributed by atoms with van der Waals surface area (Å²) < 4.78 is 0. The molecule has 47 heteroatoms. The molecule has 0 bridgehead atoms. The van der Waals surface area contributed by atoms with Gasteiger partial charge in [-0.1, -0.05) is 96.4 Å². The van der Waals surface area contributed by atoms with Crippen molar-refractivity contribution in [2.45, 2.75) is 316 Å². The highest BCUT2D eigenvalue weighted by Gasteiger charge is 2.40. The Bertz CT molecular complexity index is 3870. The highest BCUT2D eigenvalue weighted by Crippen LogP contribution is 2.17. The molecule has 33 N–H and O–H groups in total. The Morgan fingerprint density at radius 2 is 0.752 bits per heavy atom. The predicted molar refractivity (Wildman–Crippen MR) is 471 cm³/mol. The number of aliphatic hydroxyl groups excluding tert-OH is 1. The smallest absolute Gasteiger partial charge is 0.326 e. The molecule has 0 radical (unpaired) electrons. The molecule has 0 unspecified atom stereocenters. The number of aromatic nitrogens is 2. The molecule has 1 aromatic rings. The number of primary amides is 2. The Hall–Kier alpha value is -11.7. The number of aliphatic carboxylic acids is 2. The van der Waals surface area contributed by atoms with Crippen molar-refractivity contribution in [1.82, 2.24) is 95.0 Å². The fraction of sp³-hybridized carbons (Fsp3) is 0.720. The zero-order valence-corrected chi connectivity index (χ0v) is 76.6. The lowest BCUT2D eigenvalue weighted by atomic mass is 9.98. The number of imidazole rings is 1. The Kier molecular flexibility index (Phi) is 53.7. The number of rotatable bonds is 65. The van der Waals surface area contributed by atoms with Gasteiger partial charge in [0.25, 0.3) is 0 Å². The number of carbonyl (C=O) groups excluding carboxylic acids is 17. The van der Waals surface area contributed by atoms with Gasteiger partial charge in [0.05, 0.1) is 31.1 Å². The average Bonchev–Trinajstić information content (AvgIpc) is 1.13. The van der Waals surface area contributed by atoms with Gasteiger partial charge >= 0.3 is 11.9 Å². The van der Waals surface area contributed by atoms with E-state index >= 15 is 0 Å². The van der Waals surface area contributed by atoms with Crippen LogP contribution < -0.4 is 119 Å². The van der Waals surface area contributed by atoms with E-state index in [4.69, 9.17) is 39.8 Å². The molecule has 47 nitrogen and oxygen atoms in total. The maximum absolute atomic E-state index is 14.6. The van der Waals surface area contributed by atoms with Crippen LogP contribution in [0.5, 0.6) is 0 Å². The van der Waals surface area contributed by atoms with Crippen LogP contribution in [0.2, 0.25) is 0 Å². The van der Waals surface area contributed by atoms with Crippen LogP contribution in [0.1, 0.15) is 218 Å². The van der Waals surface area contributed by atoms with Crippen LogP contribution in [0, 0.1) is 40.9 Å². The third-order valence-corrected chi connectivity index (χ3v) is 20.5. The first-order valence-corrected chi connectivity index (χ1v) is 43.8. The summed E-state index contributed by atoms with van der Waals surface area (Å²) in [6.45, 7) is 22.3. The molecule has 0 aliphatic carbocycles. The molecule has 0 aliphatic rings. The van der Waals surface area contributed by atoms with Gasteiger partial charge in [0.2, 0.25) is 100 Å². The number of H-pyrrole nitrogens is 1. The van der Waals surface area contributed by atoms with Gasteiger partial charge in [0, 0.05) is 32.0 Å². The first-order chi connectivity index (χ1) is 60.4. The van der Waals surface area contributed by atoms with Gasteiger partial charge in [-0.3, -0.25) is 91.7 Å². The SMILES string of the molecule is CC[C@H](NC(=O)[C@H](CC(C)C)NC(=O)[C@@H](NC(=O)[C@H](CCCCN)NC(=O)[C@@H](N)CCCNC(=N)N)C(C)C)C(=O)N[C@@H](CCC(N)=O)C(=O)N[C@@H](CC(C)C)C(=O)N[C@@H](CO)C(=O)N[C@@H](C)C(=O)N[C@@H](Cc1c[nH]cn1)C(=O)N[C@@H](CCCN)C(=O)N[C@@H](CC(C)C)C(=O)N[C@@H](CC(C)C)C(=O)N[C@@H](CCC(N)=O)C(=O)N[C@@H](CC(=O)O)C(=O)N[C@H](C(=O)O)[C@@H](C)CC. The summed E-state index contributed by atoms with van der Waals surface area (Å²) in [6, 6.07) is -23.9. The lowest BCUT2D eigenvalue weighted by molar-refractivity contribution is -0.145. The summed E-state index contributed by atoms with van der Waals surface area (Å²) in [7, 11) is 0. The van der Waals surface area contributed by atoms with Gasteiger partial charge < -0.3 is 140 Å². The number of amides is 17. The average molecular weight is 1830 g/mol. The number of hydrogen-bond acceptors (Lipinski definition) is 25. The number of nitrogens with two attached hydrogens (primary N) is 6. The summed E-state index contributed by atoms with van der Waals surface area (Å²) in [5.41, 5.74) is 34.2. The molecule has 0 aliphatic heterocycles. The zero-order chi connectivity index (χ0) is 98.2. The lowest BCUT2D eigenvalue weighted by Crippen LogP contribution is -2.61. The number of aromatic amines is 1. The normalized spacial score (nSPS) is 15.3. The van der Waals surface area contributed by atoms with E-state index in [1.54, 1.807) is 76.2 Å².